The number of nitrogens with zero attached hydrogens (tertiary/aromatic N) is 1. The number of phenolic OH excluding ortho intramolecular Hbond substituents is 1. The fraction of sp³-hybridized carbons (Fsp3) is 0. The van der Waals surface area contributed by atoms with Crippen molar-refractivity contribution in [3.63, 3.8) is 0 Å². The summed E-state index contributed by atoms with van der Waals surface area (Å²) in [6.45, 7) is 0. The normalized spacial score (nSPS) is 17.8. The molecular formula is C9H6BrNO4S. The van der Waals surface area contributed by atoms with Crippen LogP contribution in [0.15, 0.2) is 39.3 Å². The topological polar surface area (TPSA) is 76.0 Å². The van der Waals surface area contributed by atoms with Gasteiger partial charge in [-0.1, -0.05) is 6.07 Å². The highest BCUT2D eigenvalue weighted by Gasteiger charge is 2.30. The second-order valence-corrected chi connectivity index (χ2v) is 6.11. The third kappa shape index (κ3) is 1.96. The van der Waals surface area contributed by atoms with Crippen LogP contribution in [0.25, 0.3) is 0 Å². The van der Waals surface area contributed by atoms with Crippen molar-refractivity contribution in [2.75, 3.05) is 0 Å². The van der Waals surface area contributed by atoms with E-state index < -0.39 is 15.1 Å². The van der Waals surface area contributed by atoms with Gasteiger partial charge in [0.15, 0.2) is 0 Å². The number of aliphatic imine (C=N–C) groups is 1. The van der Waals surface area contributed by atoms with Crippen LogP contribution >= 0.6 is 15.9 Å². The van der Waals surface area contributed by atoms with Crippen LogP contribution in [0.1, 0.15) is 0 Å². The Hall–Kier alpha value is -1.34. The van der Waals surface area contributed by atoms with Crippen LogP contribution in [0.5, 0.6) is 11.5 Å². The first-order valence-electron chi connectivity index (χ1n) is 4.15. The number of halogens is 1. The summed E-state index contributed by atoms with van der Waals surface area (Å²) in [7, 11) is -3.65. The number of phenols is 1. The molecule has 0 aliphatic carbocycles. The Morgan fingerprint density at radius 3 is 2.69 bits per heavy atom. The summed E-state index contributed by atoms with van der Waals surface area (Å²) in [4.78, 5) is 3.61. The quantitative estimate of drug-likeness (QED) is 0.857. The molecule has 1 aliphatic heterocycles. The number of benzene rings is 1. The van der Waals surface area contributed by atoms with E-state index in [2.05, 4.69) is 20.9 Å². The SMILES string of the molecule is O=S1(=O)C(Br)=CN=C1Oc1cccc(O)c1. The standard InChI is InChI=1S/C9H6BrNO4S/c10-8-5-11-9(16(8,13)14)15-7-3-1-2-6(12)4-7/h1-5,12H. The molecule has 2 rings (SSSR count). The lowest BCUT2D eigenvalue weighted by Crippen LogP contribution is -2.17. The first-order valence-corrected chi connectivity index (χ1v) is 6.43. The van der Waals surface area contributed by atoms with Crippen LogP contribution in [0, 0.1) is 0 Å². The van der Waals surface area contributed by atoms with E-state index in [1.165, 1.54) is 24.3 Å². The highest BCUT2D eigenvalue weighted by atomic mass is 79.9. The number of hydrogen-bond acceptors (Lipinski definition) is 5. The van der Waals surface area contributed by atoms with E-state index in [0.29, 0.717) is 0 Å². The Morgan fingerprint density at radius 2 is 2.12 bits per heavy atom. The molecule has 1 aromatic carbocycles. The number of rotatable bonds is 1. The lowest BCUT2D eigenvalue weighted by atomic mass is 10.3. The molecule has 5 nitrogen and oxygen atoms in total. The van der Waals surface area contributed by atoms with Gasteiger partial charge in [-0.3, -0.25) is 0 Å². The van der Waals surface area contributed by atoms with Crippen LogP contribution < -0.4 is 4.74 Å². The van der Waals surface area contributed by atoms with Gasteiger partial charge in [0.1, 0.15) is 15.3 Å². The largest absolute Gasteiger partial charge is 0.508 e. The first kappa shape index (κ1) is 11.2. The van der Waals surface area contributed by atoms with E-state index in [4.69, 9.17) is 4.74 Å². The smallest absolute Gasteiger partial charge is 0.320 e. The molecule has 1 N–H and O–H groups in total. The molecular weight excluding hydrogens is 298 g/mol. The molecule has 0 radical (unpaired) electrons. The van der Waals surface area contributed by atoms with E-state index in [0.717, 1.165) is 6.20 Å². The first-order chi connectivity index (χ1) is 7.50. The van der Waals surface area contributed by atoms with Crippen molar-refractivity contribution < 1.29 is 18.3 Å². The predicted octanol–water partition coefficient (Wildman–Crippen LogP) is 1.75. The van der Waals surface area contributed by atoms with Crippen molar-refractivity contribution in [2.24, 2.45) is 4.99 Å². The van der Waals surface area contributed by atoms with Gasteiger partial charge < -0.3 is 9.84 Å². The molecule has 16 heavy (non-hydrogen) atoms. The average Bonchev–Trinajstić information content (AvgIpc) is 2.45. The summed E-state index contributed by atoms with van der Waals surface area (Å²) in [5.74, 6) is 0.193. The van der Waals surface area contributed by atoms with E-state index >= 15 is 0 Å². The van der Waals surface area contributed by atoms with Crippen LogP contribution in [-0.4, -0.2) is 18.8 Å². The molecule has 1 aromatic rings. The van der Waals surface area contributed by atoms with Gasteiger partial charge in [-0.25, -0.2) is 13.4 Å². The Labute approximate surface area is 100 Å². The molecule has 1 aliphatic rings. The molecule has 0 saturated heterocycles. The molecule has 0 saturated carbocycles. The van der Waals surface area contributed by atoms with Gasteiger partial charge in [0.2, 0.25) is 0 Å². The summed E-state index contributed by atoms with van der Waals surface area (Å²) < 4.78 is 28.1. The van der Waals surface area contributed by atoms with Crippen molar-refractivity contribution >= 4 is 31.0 Å². The second-order valence-electron chi connectivity index (χ2n) is 2.93. The monoisotopic (exact) mass is 303 g/mol. The molecule has 0 unspecified atom stereocenters. The fourth-order valence-electron chi connectivity index (χ4n) is 1.05. The Kier molecular flexibility index (Phi) is 2.73. The highest BCUT2D eigenvalue weighted by Crippen LogP contribution is 2.25. The maximum absolute atomic E-state index is 11.5. The maximum Gasteiger partial charge on any atom is 0.320 e. The van der Waals surface area contributed by atoms with E-state index in [9.17, 15) is 13.5 Å². The third-order valence-corrected chi connectivity index (χ3v) is 4.53. The van der Waals surface area contributed by atoms with Gasteiger partial charge in [0, 0.05) is 6.07 Å². The van der Waals surface area contributed by atoms with Crippen molar-refractivity contribution in [1.29, 1.82) is 0 Å². The molecule has 84 valence electrons. The minimum atomic E-state index is -3.65. The second kappa shape index (κ2) is 3.91. The van der Waals surface area contributed by atoms with Crippen LogP contribution in [-0.2, 0) is 9.84 Å². The van der Waals surface area contributed by atoms with E-state index in [-0.39, 0.29) is 15.3 Å². The number of aromatic hydroxyl groups is 1. The minimum absolute atomic E-state index is 0.0134. The van der Waals surface area contributed by atoms with Gasteiger partial charge in [-0.05, 0) is 28.1 Å². The van der Waals surface area contributed by atoms with Gasteiger partial charge in [0.05, 0.1) is 6.20 Å². The molecule has 0 fully saturated rings. The van der Waals surface area contributed by atoms with Crippen molar-refractivity contribution in [2.45, 2.75) is 0 Å². The summed E-state index contributed by atoms with van der Waals surface area (Å²) in [6.07, 6.45) is 1.15. The van der Waals surface area contributed by atoms with Crippen molar-refractivity contribution in [3.8, 4) is 11.5 Å². The minimum Gasteiger partial charge on any atom is -0.508 e. The number of hydrogen-bond donors (Lipinski definition) is 1. The fourth-order valence-corrected chi connectivity index (χ4v) is 2.33. The van der Waals surface area contributed by atoms with Crippen LogP contribution in [0.2, 0.25) is 0 Å². The molecule has 0 atom stereocenters. The van der Waals surface area contributed by atoms with Gasteiger partial charge in [-0.15, -0.1) is 0 Å². The lowest BCUT2D eigenvalue weighted by molar-refractivity contribution is 0.469. The van der Waals surface area contributed by atoms with Crippen molar-refractivity contribution in [3.05, 3.63) is 34.3 Å². The predicted molar refractivity (Wildman–Crippen MR) is 62.1 cm³/mol. The maximum atomic E-state index is 11.5. The Morgan fingerprint density at radius 1 is 1.38 bits per heavy atom. The van der Waals surface area contributed by atoms with Crippen LogP contribution in [0.4, 0.5) is 0 Å². The lowest BCUT2D eigenvalue weighted by Gasteiger charge is -2.04. The molecule has 0 spiro atoms. The Bertz CT molecular complexity index is 591. The Balaban J connectivity index is 2.26. The van der Waals surface area contributed by atoms with Gasteiger partial charge in [-0.2, -0.15) is 0 Å². The van der Waals surface area contributed by atoms with E-state index in [1.54, 1.807) is 0 Å². The van der Waals surface area contributed by atoms with Crippen LogP contribution in [0.3, 0.4) is 0 Å². The molecule has 0 bridgehead atoms. The molecule has 7 heteroatoms. The van der Waals surface area contributed by atoms with Crippen molar-refractivity contribution in [1.82, 2.24) is 0 Å². The summed E-state index contributed by atoms with van der Waals surface area (Å²) in [6, 6.07) is 5.80. The van der Waals surface area contributed by atoms with Gasteiger partial charge in [0.25, 0.3) is 9.84 Å². The zero-order valence-electron chi connectivity index (χ0n) is 7.79. The molecule has 0 aromatic heterocycles. The number of sulfone groups is 1. The zero-order valence-corrected chi connectivity index (χ0v) is 10.2. The molecule has 0 amide bonds. The number of ether oxygens (including phenoxy) is 1. The zero-order chi connectivity index (χ0) is 11.8. The molecule has 1 heterocycles. The van der Waals surface area contributed by atoms with Gasteiger partial charge >= 0.3 is 5.23 Å². The van der Waals surface area contributed by atoms with E-state index in [1.807, 2.05) is 0 Å². The summed E-state index contributed by atoms with van der Waals surface area (Å²) in [5, 5.41) is 8.77. The third-order valence-electron chi connectivity index (χ3n) is 1.78. The highest BCUT2D eigenvalue weighted by molar-refractivity contribution is 9.14. The average molecular weight is 304 g/mol. The summed E-state index contributed by atoms with van der Waals surface area (Å²) >= 11 is 2.86. The summed E-state index contributed by atoms with van der Waals surface area (Å²) in [5.41, 5.74) is 0.